The molecule has 0 aliphatic heterocycles. The predicted molar refractivity (Wildman–Crippen MR) is 84.5 cm³/mol. The van der Waals surface area contributed by atoms with Gasteiger partial charge in [-0.05, 0) is 29.3 Å². The highest BCUT2D eigenvalue weighted by Gasteiger charge is 2.30. The molecular weight excluding hydrogens is 337 g/mol. The average molecular weight is 352 g/mol. The average Bonchev–Trinajstić information content (AvgIpc) is 2.60. The molecule has 0 aliphatic rings. The van der Waals surface area contributed by atoms with Gasteiger partial charge in [0.25, 0.3) is 0 Å². The molecule has 7 heteroatoms. The lowest BCUT2D eigenvalue weighted by molar-refractivity contribution is -0.140. The van der Waals surface area contributed by atoms with Gasteiger partial charge in [-0.25, -0.2) is 0 Å². The van der Waals surface area contributed by atoms with Crippen LogP contribution in [0.5, 0.6) is 5.75 Å². The highest BCUT2D eigenvalue weighted by Crippen LogP contribution is 2.37. The molecule has 4 nitrogen and oxygen atoms in total. The van der Waals surface area contributed by atoms with E-state index in [1.54, 1.807) is 12.1 Å². The van der Waals surface area contributed by atoms with Gasteiger partial charge in [0.05, 0.1) is 26.2 Å². The maximum Gasteiger partial charge on any atom is 0.416 e. The van der Waals surface area contributed by atoms with Crippen molar-refractivity contribution >= 4 is 12.3 Å². The van der Waals surface area contributed by atoms with Gasteiger partial charge in [0, 0.05) is 11.1 Å². The number of hydrogen-bond acceptors (Lipinski definition) is 4. The van der Waals surface area contributed by atoms with E-state index in [0.717, 1.165) is 12.1 Å². The smallest absolute Gasteiger partial charge is 0.416 e. The Morgan fingerprint density at radius 1 is 1.08 bits per heavy atom. The van der Waals surface area contributed by atoms with Crippen molar-refractivity contribution in [3.63, 3.8) is 0 Å². The second kappa shape index (κ2) is 7.38. The lowest BCUT2D eigenvalue weighted by atomic mass is 9.93. The highest BCUT2D eigenvalue weighted by molar-refractivity contribution is 5.94. The third-order valence-corrected chi connectivity index (χ3v) is 3.70. The Morgan fingerprint density at radius 3 is 2.20 bits per heavy atom. The summed E-state index contributed by atoms with van der Waals surface area (Å²) in [5.74, 6) is -0.220. The van der Waals surface area contributed by atoms with E-state index in [4.69, 9.17) is 4.74 Å². The van der Waals surface area contributed by atoms with Crippen LogP contribution in [0.4, 0.5) is 13.2 Å². The van der Waals surface area contributed by atoms with Gasteiger partial charge in [0.2, 0.25) is 0 Å². The van der Waals surface area contributed by atoms with E-state index < -0.39 is 17.7 Å². The molecule has 0 amide bonds. The van der Waals surface area contributed by atoms with Crippen LogP contribution in [0.15, 0.2) is 36.4 Å². The number of alkyl halides is 3. The van der Waals surface area contributed by atoms with Crippen LogP contribution < -0.4 is 4.74 Å². The fraction of sp³-hybridized carbons (Fsp3) is 0.222. The number of hydrogen-bond donors (Lipinski definition) is 0. The van der Waals surface area contributed by atoms with E-state index in [0.29, 0.717) is 28.7 Å². The van der Waals surface area contributed by atoms with Gasteiger partial charge in [-0.3, -0.25) is 9.59 Å². The van der Waals surface area contributed by atoms with Crippen molar-refractivity contribution in [3.05, 3.63) is 53.1 Å². The van der Waals surface area contributed by atoms with Crippen molar-refractivity contribution in [2.45, 2.75) is 12.6 Å². The lowest BCUT2D eigenvalue weighted by Gasteiger charge is -2.15. The third kappa shape index (κ3) is 3.99. The number of benzene rings is 2. The van der Waals surface area contributed by atoms with Crippen molar-refractivity contribution in [2.75, 3.05) is 14.2 Å². The normalized spacial score (nSPS) is 11.1. The van der Waals surface area contributed by atoms with Gasteiger partial charge in [0.1, 0.15) is 5.75 Å². The number of methoxy groups -OCH3 is 2. The summed E-state index contributed by atoms with van der Waals surface area (Å²) in [6, 6.07) is 7.48. The highest BCUT2D eigenvalue weighted by atomic mass is 19.4. The van der Waals surface area contributed by atoms with Crippen molar-refractivity contribution in [1.82, 2.24) is 0 Å². The first-order valence-corrected chi connectivity index (χ1v) is 7.21. The molecule has 2 aromatic carbocycles. The molecule has 0 saturated carbocycles. The van der Waals surface area contributed by atoms with Gasteiger partial charge in [-0.2, -0.15) is 13.2 Å². The molecule has 0 N–H and O–H groups in total. The molecule has 0 aliphatic carbocycles. The Morgan fingerprint density at radius 2 is 1.72 bits per heavy atom. The van der Waals surface area contributed by atoms with Gasteiger partial charge >= 0.3 is 12.1 Å². The summed E-state index contributed by atoms with van der Waals surface area (Å²) in [5.41, 5.74) is 0.474. The first-order valence-electron chi connectivity index (χ1n) is 7.21. The van der Waals surface area contributed by atoms with E-state index in [1.807, 2.05) is 0 Å². The zero-order valence-corrected chi connectivity index (χ0v) is 13.5. The minimum atomic E-state index is -4.46. The summed E-state index contributed by atoms with van der Waals surface area (Å²) in [4.78, 5) is 23.1. The minimum absolute atomic E-state index is 0.137. The summed E-state index contributed by atoms with van der Waals surface area (Å²) in [5, 5.41) is 0. The third-order valence-electron chi connectivity index (χ3n) is 3.70. The van der Waals surface area contributed by atoms with Crippen LogP contribution in [0.2, 0.25) is 0 Å². The van der Waals surface area contributed by atoms with Crippen LogP contribution in [0.1, 0.15) is 21.5 Å². The molecule has 0 heterocycles. The zero-order chi connectivity index (χ0) is 18.6. The summed E-state index contributed by atoms with van der Waals surface area (Å²) >= 11 is 0. The number of carbonyl (C=O) groups is 2. The Bertz CT molecular complexity index is 780. The number of rotatable bonds is 5. The quantitative estimate of drug-likeness (QED) is 0.605. The van der Waals surface area contributed by atoms with Gasteiger partial charge in [0.15, 0.2) is 6.29 Å². The first kappa shape index (κ1) is 18.5. The van der Waals surface area contributed by atoms with E-state index in [9.17, 15) is 22.8 Å². The summed E-state index contributed by atoms with van der Waals surface area (Å²) in [6.45, 7) is 0. The zero-order valence-electron chi connectivity index (χ0n) is 13.5. The van der Waals surface area contributed by atoms with Crippen molar-refractivity contribution in [3.8, 4) is 16.9 Å². The van der Waals surface area contributed by atoms with Crippen LogP contribution >= 0.6 is 0 Å². The molecule has 2 aromatic rings. The second-order valence-corrected chi connectivity index (χ2v) is 5.16. The van der Waals surface area contributed by atoms with E-state index >= 15 is 0 Å². The Labute approximate surface area is 142 Å². The number of carbonyl (C=O) groups excluding carboxylic acids is 2. The molecule has 0 fully saturated rings. The Balaban J connectivity index is 2.60. The molecule has 0 radical (unpaired) electrons. The van der Waals surface area contributed by atoms with E-state index in [2.05, 4.69) is 4.74 Å². The maximum absolute atomic E-state index is 12.7. The van der Waals surface area contributed by atoms with Crippen LogP contribution in [0.25, 0.3) is 11.1 Å². The molecule has 2 rings (SSSR count). The van der Waals surface area contributed by atoms with Crippen molar-refractivity contribution < 1.29 is 32.2 Å². The molecule has 0 spiro atoms. The van der Waals surface area contributed by atoms with E-state index in [1.165, 1.54) is 26.4 Å². The molecule has 0 bridgehead atoms. The molecule has 0 saturated heterocycles. The second-order valence-electron chi connectivity index (χ2n) is 5.16. The maximum atomic E-state index is 12.7. The standard InChI is InChI=1S/C18H15F3O4/c1-24-15-8-5-12(9-16(23)25-2)14(10-22)17(15)11-3-6-13(7-4-11)18(19,20)21/h3-8,10H,9H2,1-2H3. The Hall–Kier alpha value is -2.83. The summed E-state index contributed by atoms with van der Waals surface area (Å²) in [7, 11) is 2.61. The Kier molecular flexibility index (Phi) is 5.46. The SMILES string of the molecule is COC(=O)Cc1ccc(OC)c(-c2ccc(C(F)(F)F)cc2)c1C=O. The van der Waals surface area contributed by atoms with Gasteiger partial charge in [-0.15, -0.1) is 0 Å². The van der Waals surface area contributed by atoms with Crippen molar-refractivity contribution in [1.29, 1.82) is 0 Å². The van der Waals surface area contributed by atoms with Crippen molar-refractivity contribution in [2.24, 2.45) is 0 Å². The summed E-state index contributed by atoms with van der Waals surface area (Å²) in [6.07, 6.45) is -4.04. The molecule has 0 aromatic heterocycles. The van der Waals surface area contributed by atoms with Gasteiger partial charge in [-0.1, -0.05) is 18.2 Å². The molecule has 0 unspecified atom stereocenters. The topological polar surface area (TPSA) is 52.6 Å². The fourth-order valence-corrected chi connectivity index (χ4v) is 2.45. The first-order chi connectivity index (χ1) is 11.8. The van der Waals surface area contributed by atoms with E-state index in [-0.39, 0.29) is 12.0 Å². The monoisotopic (exact) mass is 352 g/mol. The molecular formula is C18H15F3O4. The molecule has 132 valence electrons. The van der Waals surface area contributed by atoms with Crippen LogP contribution in [-0.2, 0) is 22.1 Å². The molecule has 25 heavy (non-hydrogen) atoms. The summed E-state index contributed by atoms with van der Waals surface area (Å²) < 4.78 is 48.0. The fourth-order valence-electron chi connectivity index (χ4n) is 2.45. The predicted octanol–water partition coefficient (Wildman–Crippen LogP) is 3.91. The molecule has 0 atom stereocenters. The number of aldehydes is 1. The number of ether oxygens (including phenoxy) is 2. The lowest BCUT2D eigenvalue weighted by Crippen LogP contribution is -2.08. The van der Waals surface area contributed by atoms with Crippen LogP contribution in [0.3, 0.4) is 0 Å². The largest absolute Gasteiger partial charge is 0.496 e. The van der Waals surface area contributed by atoms with Gasteiger partial charge < -0.3 is 9.47 Å². The van der Waals surface area contributed by atoms with Crippen LogP contribution in [-0.4, -0.2) is 26.5 Å². The minimum Gasteiger partial charge on any atom is -0.496 e. The van der Waals surface area contributed by atoms with Crippen LogP contribution in [0, 0.1) is 0 Å². The number of halogens is 3. The number of esters is 1.